The van der Waals surface area contributed by atoms with E-state index in [-0.39, 0.29) is 12.5 Å². The van der Waals surface area contributed by atoms with Crippen LogP contribution < -0.4 is 10.6 Å². The van der Waals surface area contributed by atoms with Crippen LogP contribution in [0.25, 0.3) is 17.0 Å². The maximum atomic E-state index is 12.2. The minimum atomic E-state index is -0.134. The molecule has 2 aromatic carbocycles. The second-order valence-electron chi connectivity index (χ2n) is 7.17. The van der Waals surface area contributed by atoms with Gasteiger partial charge in [-0.1, -0.05) is 42.5 Å². The van der Waals surface area contributed by atoms with Gasteiger partial charge < -0.3 is 10.6 Å². The molecule has 3 heterocycles. The number of hydrogen-bond acceptors (Lipinski definition) is 6. The van der Waals surface area contributed by atoms with Gasteiger partial charge in [-0.05, 0) is 23.8 Å². The van der Waals surface area contributed by atoms with Crippen molar-refractivity contribution >= 4 is 23.2 Å². The number of hydrogen-bond donors (Lipinski definition) is 2. The summed E-state index contributed by atoms with van der Waals surface area (Å²) in [5.74, 6) is 1.16. The Kier molecular flexibility index (Phi) is 5.27. The minimum absolute atomic E-state index is 0.134. The second kappa shape index (κ2) is 8.68. The number of nitrogens with one attached hydrogen (secondary N) is 2. The molecule has 5 rings (SSSR count). The molecule has 32 heavy (non-hydrogen) atoms. The molecule has 0 unspecified atom stereocenters. The number of benzene rings is 2. The monoisotopic (exact) mass is 424 g/mol. The van der Waals surface area contributed by atoms with E-state index in [4.69, 9.17) is 0 Å². The van der Waals surface area contributed by atoms with Gasteiger partial charge in [0.2, 0.25) is 5.91 Å². The Labute approximate surface area is 183 Å². The summed E-state index contributed by atoms with van der Waals surface area (Å²) in [7, 11) is 0. The normalized spacial score (nSPS) is 10.9. The fourth-order valence-corrected chi connectivity index (χ4v) is 3.39. The molecule has 158 valence electrons. The van der Waals surface area contributed by atoms with Crippen LogP contribution in [0.2, 0.25) is 0 Å². The standard InChI is InChI=1S/C23H20N8O/c32-22(15-30-11-5-10-26-30)28-19-9-4-6-17(12-19)14-24-21-13-20(18-7-2-1-3-8-18)29-23-25-16-27-31(21)23/h1-13,16,24H,14-15H2,(H,28,32). The first kappa shape index (κ1) is 19.4. The van der Waals surface area contributed by atoms with Gasteiger partial charge in [0, 0.05) is 36.3 Å². The molecule has 2 N–H and O–H groups in total. The van der Waals surface area contributed by atoms with E-state index in [9.17, 15) is 4.79 Å². The molecular formula is C23H20N8O. The van der Waals surface area contributed by atoms with Gasteiger partial charge in [-0.15, -0.1) is 0 Å². The minimum Gasteiger partial charge on any atom is -0.366 e. The van der Waals surface area contributed by atoms with Crippen LogP contribution in [0.5, 0.6) is 0 Å². The highest BCUT2D eigenvalue weighted by atomic mass is 16.2. The average molecular weight is 424 g/mol. The summed E-state index contributed by atoms with van der Waals surface area (Å²) in [6, 6.07) is 21.4. The van der Waals surface area contributed by atoms with E-state index >= 15 is 0 Å². The summed E-state index contributed by atoms with van der Waals surface area (Å²) in [5.41, 5.74) is 3.55. The Morgan fingerprint density at radius 1 is 0.969 bits per heavy atom. The molecule has 0 aliphatic heterocycles. The van der Waals surface area contributed by atoms with Gasteiger partial charge in [-0.2, -0.15) is 19.7 Å². The fraction of sp³-hybridized carbons (Fsp3) is 0.0870. The lowest BCUT2D eigenvalue weighted by Gasteiger charge is -2.11. The molecule has 5 aromatic rings. The van der Waals surface area contributed by atoms with E-state index in [1.807, 2.05) is 60.7 Å². The third-order valence-electron chi connectivity index (χ3n) is 4.87. The first-order valence-electron chi connectivity index (χ1n) is 10.1. The molecule has 0 fully saturated rings. The Balaban J connectivity index is 1.32. The van der Waals surface area contributed by atoms with Crippen LogP contribution in [-0.2, 0) is 17.9 Å². The van der Waals surface area contributed by atoms with E-state index in [1.165, 1.54) is 6.33 Å². The van der Waals surface area contributed by atoms with Crippen molar-refractivity contribution in [3.8, 4) is 11.3 Å². The summed E-state index contributed by atoms with van der Waals surface area (Å²) >= 11 is 0. The van der Waals surface area contributed by atoms with Crippen LogP contribution >= 0.6 is 0 Å². The third kappa shape index (κ3) is 4.31. The van der Waals surface area contributed by atoms with E-state index < -0.39 is 0 Å². The Morgan fingerprint density at radius 3 is 2.72 bits per heavy atom. The van der Waals surface area contributed by atoms with Crippen LogP contribution in [-0.4, -0.2) is 35.3 Å². The van der Waals surface area contributed by atoms with Crippen molar-refractivity contribution in [2.75, 3.05) is 10.6 Å². The van der Waals surface area contributed by atoms with Gasteiger partial charge >= 0.3 is 0 Å². The SMILES string of the molecule is O=C(Cn1cccn1)Nc1cccc(CNc2cc(-c3ccccc3)nc3ncnn23)c1. The summed E-state index contributed by atoms with van der Waals surface area (Å²) < 4.78 is 3.25. The average Bonchev–Trinajstić information content (AvgIpc) is 3.50. The van der Waals surface area contributed by atoms with Crippen LogP contribution in [0.4, 0.5) is 11.5 Å². The van der Waals surface area contributed by atoms with E-state index in [2.05, 4.69) is 30.8 Å². The summed E-state index contributed by atoms with van der Waals surface area (Å²) in [6.45, 7) is 0.703. The van der Waals surface area contributed by atoms with E-state index in [1.54, 1.807) is 27.7 Å². The van der Waals surface area contributed by atoms with E-state index in [0.717, 1.165) is 28.3 Å². The molecule has 3 aromatic heterocycles. The first-order chi connectivity index (χ1) is 15.7. The number of rotatable bonds is 7. The largest absolute Gasteiger partial charge is 0.366 e. The lowest BCUT2D eigenvalue weighted by molar-refractivity contribution is -0.116. The third-order valence-corrected chi connectivity index (χ3v) is 4.87. The number of carbonyl (C=O) groups is 1. The highest BCUT2D eigenvalue weighted by Gasteiger charge is 2.10. The molecule has 0 radical (unpaired) electrons. The highest BCUT2D eigenvalue weighted by molar-refractivity contribution is 5.90. The molecule has 0 spiro atoms. The van der Waals surface area contributed by atoms with Gasteiger partial charge in [0.25, 0.3) is 5.78 Å². The summed E-state index contributed by atoms with van der Waals surface area (Å²) in [5, 5.41) is 14.6. The molecule has 0 atom stereocenters. The topological polar surface area (TPSA) is 102 Å². The lowest BCUT2D eigenvalue weighted by atomic mass is 10.1. The Bertz CT molecular complexity index is 1350. The molecular weight excluding hydrogens is 404 g/mol. The van der Waals surface area contributed by atoms with Crippen molar-refractivity contribution < 1.29 is 4.79 Å². The zero-order valence-electron chi connectivity index (χ0n) is 17.1. The predicted octanol–water partition coefficient (Wildman–Crippen LogP) is 3.24. The molecule has 0 aliphatic rings. The zero-order valence-corrected chi connectivity index (χ0v) is 17.1. The van der Waals surface area contributed by atoms with Crippen LogP contribution in [0, 0.1) is 0 Å². The van der Waals surface area contributed by atoms with Gasteiger partial charge in [-0.3, -0.25) is 9.48 Å². The smallest absolute Gasteiger partial charge is 0.254 e. The first-order valence-corrected chi connectivity index (χ1v) is 10.1. The number of nitrogens with zero attached hydrogens (tertiary/aromatic N) is 6. The molecule has 0 aliphatic carbocycles. The van der Waals surface area contributed by atoms with Crippen molar-refractivity contribution in [2.24, 2.45) is 0 Å². The van der Waals surface area contributed by atoms with Crippen molar-refractivity contribution in [1.82, 2.24) is 29.4 Å². The Hall–Kier alpha value is -4.53. The number of carbonyl (C=O) groups excluding carboxylic acids is 1. The van der Waals surface area contributed by atoms with Gasteiger partial charge in [-0.25, -0.2) is 4.98 Å². The predicted molar refractivity (Wildman–Crippen MR) is 121 cm³/mol. The van der Waals surface area contributed by atoms with Gasteiger partial charge in [0.15, 0.2) is 0 Å². The van der Waals surface area contributed by atoms with Gasteiger partial charge in [0.05, 0.1) is 5.69 Å². The van der Waals surface area contributed by atoms with Crippen molar-refractivity contribution in [3.63, 3.8) is 0 Å². The van der Waals surface area contributed by atoms with E-state index in [0.29, 0.717) is 12.3 Å². The summed E-state index contributed by atoms with van der Waals surface area (Å²) in [4.78, 5) is 21.1. The van der Waals surface area contributed by atoms with Crippen molar-refractivity contribution in [3.05, 3.63) is 91.0 Å². The Morgan fingerprint density at radius 2 is 1.88 bits per heavy atom. The molecule has 0 saturated heterocycles. The van der Waals surface area contributed by atoms with Crippen LogP contribution in [0.15, 0.2) is 85.5 Å². The highest BCUT2D eigenvalue weighted by Crippen LogP contribution is 2.22. The zero-order chi connectivity index (χ0) is 21.8. The maximum Gasteiger partial charge on any atom is 0.254 e. The van der Waals surface area contributed by atoms with Crippen molar-refractivity contribution in [2.45, 2.75) is 13.1 Å². The maximum absolute atomic E-state index is 12.2. The molecule has 9 nitrogen and oxygen atoms in total. The second-order valence-corrected chi connectivity index (χ2v) is 7.17. The number of fused-ring (bicyclic) bond motifs is 1. The fourth-order valence-electron chi connectivity index (χ4n) is 3.39. The number of aromatic nitrogens is 6. The quantitative estimate of drug-likeness (QED) is 0.416. The molecule has 9 heteroatoms. The summed E-state index contributed by atoms with van der Waals surface area (Å²) in [6.07, 6.45) is 4.88. The van der Waals surface area contributed by atoms with Crippen LogP contribution in [0.1, 0.15) is 5.56 Å². The molecule has 0 bridgehead atoms. The van der Waals surface area contributed by atoms with Crippen molar-refractivity contribution in [1.29, 1.82) is 0 Å². The van der Waals surface area contributed by atoms with Crippen LogP contribution in [0.3, 0.4) is 0 Å². The van der Waals surface area contributed by atoms with Gasteiger partial charge in [0.1, 0.15) is 18.7 Å². The lowest BCUT2D eigenvalue weighted by Crippen LogP contribution is -2.19. The molecule has 1 amide bonds. The number of amides is 1. The molecule has 0 saturated carbocycles. The number of anilines is 2.